The number of amides is 2. The summed E-state index contributed by atoms with van der Waals surface area (Å²) in [6.45, 7) is 3.55. The van der Waals surface area contributed by atoms with E-state index in [-0.39, 0.29) is 28.1 Å². The van der Waals surface area contributed by atoms with Crippen molar-refractivity contribution in [3.8, 4) is 0 Å². The molecule has 0 aliphatic rings. The third kappa shape index (κ3) is 8.11. The number of sulfonamides is 1. The molecule has 11 heteroatoms. The number of hydrogen-bond acceptors (Lipinski definition) is 4. The molecule has 0 aliphatic heterocycles. The zero-order valence-electron chi connectivity index (χ0n) is 21.6. The van der Waals surface area contributed by atoms with Gasteiger partial charge in [0.15, 0.2) is 0 Å². The maximum Gasteiger partial charge on any atom is 0.264 e. The molecule has 3 aromatic carbocycles. The number of nitrogens with zero attached hydrogens (tertiary/aromatic N) is 2. The highest BCUT2D eigenvalue weighted by Gasteiger charge is 2.33. The molecule has 0 spiro atoms. The van der Waals surface area contributed by atoms with Crippen LogP contribution in [0.5, 0.6) is 0 Å². The number of halogens is 3. The molecule has 39 heavy (non-hydrogen) atoms. The summed E-state index contributed by atoms with van der Waals surface area (Å²) in [5.74, 6) is -0.929. The standard InChI is InChI=1S/C28H30Cl3N3O4S/c1-3-4-16-32-28(36)20(2)33(18-21-10-12-22(29)13-11-21)27(35)19-34(26-15-14-23(30)17-25(26)31)39(37,38)24-8-6-5-7-9-24/h5-15,17,20H,3-4,16,18-19H2,1-2H3,(H,32,36)/t20-/m1/s1. The molecule has 3 aromatic rings. The van der Waals surface area contributed by atoms with Crippen LogP contribution in [0.15, 0.2) is 77.7 Å². The van der Waals surface area contributed by atoms with E-state index in [1.807, 2.05) is 6.92 Å². The molecule has 1 N–H and O–H groups in total. The van der Waals surface area contributed by atoms with Crippen molar-refractivity contribution in [2.24, 2.45) is 0 Å². The molecular formula is C28H30Cl3N3O4S. The first-order valence-electron chi connectivity index (χ1n) is 12.4. The highest BCUT2D eigenvalue weighted by Crippen LogP contribution is 2.33. The van der Waals surface area contributed by atoms with Gasteiger partial charge in [0.1, 0.15) is 12.6 Å². The Hall–Kier alpha value is -2.78. The van der Waals surface area contributed by atoms with E-state index in [0.717, 1.165) is 22.7 Å². The van der Waals surface area contributed by atoms with Gasteiger partial charge >= 0.3 is 0 Å². The summed E-state index contributed by atoms with van der Waals surface area (Å²) in [5, 5.41) is 3.75. The highest BCUT2D eigenvalue weighted by molar-refractivity contribution is 7.92. The maximum absolute atomic E-state index is 13.9. The number of anilines is 1. The molecule has 0 saturated heterocycles. The predicted octanol–water partition coefficient (Wildman–Crippen LogP) is 6.18. The quantitative estimate of drug-likeness (QED) is 0.248. The van der Waals surface area contributed by atoms with Crippen LogP contribution in [0, 0.1) is 0 Å². The van der Waals surface area contributed by atoms with Crippen LogP contribution in [0.3, 0.4) is 0 Å². The van der Waals surface area contributed by atoms with Gasteiger partial charge in [-0.25, -0.2) is 8.42 Å². The Morgan fingerprint density at radius 3 is 2.18 bits per heavy atom. The first kappa shape index (κ1) is 30.8. The van der Waals surface area contributed by atoms with Crippen molar-refractivity contribution >= 4 is 62.3 Å². The topological polar surface area (TPSA) is 86.8 Å². The van der Waals surface area contributed by atoms with Crippen LogP contribution >= 0.6 is 34.8 Å². The smallest absolute Gasteiger partial charge is 0.264 e. The molecule has 0 aliphatic carbocycles. The summed E-state index contributed by atoms with van der Waals surface area (Å²) in [7, 11) is -4.22. The van der Waals surface area contributed by atoms with E-state index < -0.39 is 28.5 Å². The first-order valence-corrected chi connectivity index (χ1v) is 15.0. The lowest BCUT2D eigenvalue weighted by Crippen LogP contribution is -2.51. The lowest BCUT2D eigenvalue weighted by atomic mass is 10.1. The molecule has 0 unspecified atom stereocenters. The summed E-state index contributed by atoms with van der Waals surface area (Å²) in [6, 6.07) is 18.1. The Morgan fingerprint density at radius 2 is 1.56 bits per heavy atom. The summed E-state index contributed by atoms with van der Waals surface area (Å²) in [6.07, 6.45) is 1.69. The van der Waals surface area contributed by atoms with E-state index >= 15 is 0 Å². The second-order valence-electron chi connectivity index (χ2n) is 8.89. The zero-order valence-corrected chi connectivity index (χ0v) is 24.7. The third-order valence-electron chi connectivity index (χ3n) is 6.05. The first-order chi connectivity index (χ1) is 18.5. The van der Waals surface area contributed by atoms with Crippen molar-refractivity contribution in [2.45, 2.75) is 44.2 Å². The van der Waals surface area contributed by atoms with Gasteiger partial charge in [0, 0.05) is 23.1 Å². The molecule has 0 aromatic heterocycles. The average molecular weight is 611 g/mol. The number of carbonyl (C=O) groups excluding carboxylic acids is 2. The third-order valence-corrected chi connectivity index (χ3v) is 8.62. The molecule has 3 rings (SSSR count). The summed E-state index contributed by atoms with van der Waals surface area (Å²) < 4.78 is 28.5. The van der Waals surface area contributed by atoms with Gasteiger partial charge in [0.05, 0.1) is 15.6 Å². The highest BCUT2D eigenvalue weighted by atomic mass is 35.5. The van der Waals surface area contributed by atoms with Crippen LogP contribution < -0.4 is 9.62 Å². The number of unbranched alkanes of at least 4 members (excludes halogenated alkanes) is 1. The molecule has 0 radical (unpaired) electrons. The Kier molecular flexibility index (Phi) is 11.1. The zero-order chi connectivity index (χ0) is 28.6. The van der Waals surface area contributed by atoms with E-state index in [1.165, 1.54) is 35.2 Å². The van der Waals surface area contributed by atoms with Crippen molar-refractivity contribution in [1.82, 2.24) is 10.2 Å². The van der Waals surface area contributed by atoms with Gasteiger partial charge in [-0.05, 0) is 61.4 Å². The summed E-state index contributed by atoms with van der Waals surface area (Å²) in [4.78, 5) is 28.2. The van der Waals surface area contributed by atoms with E-state index in [4.69, 9.17) is 34.8 Å². The van der Waals surface area contributed by atoms with Crippen LogP contribution in [-0.4, -0.2) is 44.3 Å². The van der Waals surface area contributed by atoms with Crippen LogP contribution in [0.1, 0.15) is 32.3 Å². The second-order valence-corrected chi connectivity index (χ2v) is 12.0. The molecule has 2 amide bonds. The molecule has 7 nitrogen and oxygen atoms in total. The fourth-order valence-electron chi connectivity index (χ4n) is 3.82. The molecule has 208 valence electrons. The van der Waals surface area contributed by atoms with Gasteiger partial charge in [-0.2, -0.15) is 0 Å². The van der Waals surface area contributed by atoms with Crippen molar-refractivity contribution in [1.29, 1.82) is 0 Å². The second kappa shape index (κ2) is 14.0. The van der Waals surface area contributed by atoms with Crippen LogP contribution in [0.25, 0.3) is 0 Å². The Bertz CT molecular complexity index is 1390. The number of hydrogen-bond donors (Lipinski definition) is 1. The van der Waals surface area contributed by atoms with Crippen LogP contribution in [0.2, 0.25) is 15.1 Å². The fourth-order valence-corrected chi connectivity index (χ4v) is 5.96. The van der Waals surface area contributed by atoms with Crippen molar-refractivity contribution < 1.29 is 18.0 Å². The van der Waals surface area contributed by atoms with Crippen molar-refractivity contribution in [3.63, 3.8) is 0 Å². The fraction of sp³-hybridized carbons (Fsp3) is 0.286. The SMILES string of the molecule is CCCCNC(=O)[C@@H](C)N(Cc1ccc(Cl)cc1)C(=O)CN(c1ccc(Cl)cc1Cl)S(=O)(=O)c1ccccc1. The van der Waals surface area contributed by atoms with Gasteiger partial charge in [-0.3, -0.25) is 13.9 Å². The van der Waals surface area contributed by atoms with Gasteiger partial charge in [-0.1, -0.05) is 78.5 Å². The Labute approximate surface area is 244 Å². The van der Waals surface area contributed by atoms with E-state index in [1.54, 1.807) is 49.4 Å². The largest absolute Gasteiger partial charge is 0.354 e. The molecular weight excluding hydrogens is 581 g/mol. The minimum Gasteiger partial charge on any atom is -0.354 e. The summed E-state index contributed by atoms with van der Waals surface area (Å²) >= 11 is 18.5. The van der Waals surface area contributed by atoms with Crippen LogP contribution in [-0.2, 0) is 26.2 Å². The van der Waals surface area contributed by atoms with E-state index in [0.29, 0.717) is 16.6 Å². The number of benzene rings is 3. The Morgan fingerprint density at radius 1 is 0.923 bits per heavy atom. The van der Waals surface area contributed by atoms with Crippen LogP contribution in [0.4, 0.5) is 5.69 Å². The lowest BCUT2D eigenvalue weighted by Gasteiger charge is -2.32. The Balaban J connectivity index is 2.01. The van der Waals surface area contributed by atoms with Gasteiger partial charge in [0.2, 0.25) is 11.8 Å². The molecule has 0 saturated carbocycles. The normalized spacial score (nSPS) is 12.0. The van der Waals surface area contributed by atoms with E-state index in [9.17, 15) is 18.0 Å². The summed E-state index contributed by atoms with van der Waals surface area (Å²) in [5.41, 5.74) is 0.813. The van der Waals surface area contributed by atoms with E-state index in [2.05, 4.69) is 5.32 Å². The van der Waals surface area contributed by atoms with Gasteiger partial charge in [-0.15, -0.1) is 0 Å². The van der Waals surface area contributed by atoms with Crippen molar-refractivity contribution in [3.05, 3.63) is 93.4 Å². The lowest BCUT2D eigenvalue weighted by molar-refractivity contribution is -0.139. The molecule has 0 heterocycles. The monoisotopic (exact) mass is 609 g/mol. The van der Waals surface area contributed by atoms with Gasteiger partial charge < -0.3 is 10.2 Å². The van der Waals surface area contributed by atoms with Gasteiger partial charge in [0.25, 0.3) is 10.0 Å². The minimum atomic E-state index is -4.22. The molecule has 0 fully saturated rings. The number of rotatable bonds is 12. The average Bonchev–Trinajstić information content (AvgIpc) is 2.91. The molecule has 1 atom stereocenters. The predicted molar refractivity (Wildman–Crippen MR) is 157 cm³/mol. The minimum absolute atomic E-state index is 0.0153. The molecule has 0 bridgehead atoms. The number of nitrogens with one attached hydrogen (secondary N) is 1. The van der Waals surface area contributed by atoms with Crippen molar-refractivity contribution in [2.75, 3.05) is 17.4 Å². The number of carbonyl (C=O) groups is 2. The maximum atomic E-state index is 13.9.